The van der Waals surface area contributed by atoms with Gasteiger partial charge in [-0.05, 0) is 92.0 Å². The van der Waals surface area contributed by atoms with Crippen molar-refractivity contribution in [1.29, 1.82) is 0 Å². The first-order chi connectivity index (χ1) is 22.7. The molecule has 0 saturated carbocycles. The standard InChI is InChI=1S/C40H22N2S4/c1-3-11-27-23(7-1)9-5-13-29(27)33-15-17-35(43-33)39-41-31-19-25-22-38-32(20-26(25)21-37(31)45-39)42-40(46-38)36-18-16-34(44-36)30-14-6-10-24-8-2-4-12-28(24)30/h1-22H. The Morgan fingerprint density at radius 2 is 0.783 bits per heavy atom. The third-order valence-electron chi connectivity index (χ3n) is 8.60. The van der Waals surface area contributed by atoms with Crippen LogP contribution in [0, 0.1) is 0 Å². The molecule has 0 aliphatic carbocycles. The molecule has 0 saturated heterocycles. The number of thiophene rings is 2. The van der Waals surface area contributed by atoms with Crippen LogP contribution < -0.4 is 0 Å². The van der Waals surface area contributed by atoms with Crippen LogP contribution in [0.3, 0.4) is 0 Å². The van der Waals surface area contributed by atoms with Gasteiger partial charge in [0.05, 0.1) is 30.2 Å². The molecule has 0 spiro atoms. The molecule has 10 rings (SSSR count). The van der Waals surface area contributed by atoms with Crippen molar-refractivity contribution in [2.75, 3.05) is 0 Å². The normalized spacial score (nSPS) is 11.9. The highest BCUT2D eigenvalue weighted by molar-refractivity contribution is 7.27. The molecule has 0 fully saturated rings. The van der Waals surface area contributed by atoms with Crippen molar-refractivity contribution in [3.05, 3.63) is 133 Å². The van der Waals surface area contributed by atoms with E-state index in [1.807, 2.05) is 22.7 Å². The van der Waals surface area contributed by atoms with Crippen molar-refractivity contribution in [2.24, 2.45) is 0 Å². The van der Waals surface area contributed by atoms with Crippen LogP contribution in [0.5, 0.6) is 0 Å². The van der Waals surface area contributed by atoms with E-state index in [1.165, 1.54) is 72.4 Å². The van der Waals surface area contributed by atoms with Gasteiger partial charge in [-0.3, -0.25) is 0 Å². The fraction of sp³-hybridized carbons (Fsp3) is 0. The number of hydrogen-bond donors (Lipinski definition) is 0. The Hall–Kier alpha value is -4.72. The van der Waals surface area contributed by atoms with Crippen LogP contribution in [0.2, 0.25) is 0 Å². The molecule has 4 heterocycles. The summed E-state index contributed by atoms with van der Waals surface area (Å²) < 4.78 is 2.41. The lowest BCUT2D eigenvalue weighted by molar-refractivity contribution is 1.50. The molecule has 0 bridgehead atoms. The van der Waals surface area contributed by atoms with Gasteiger partial charge in [-0.25, -0.2) is 9.97 Å². The Kier molecular flexibility index (Phi) is 5.99. The van der Waals surface area contributed by atoms with E-state index < -0.39 is 0 Å². The molecule has 6 heteroatoms. The van der Waals surface area contributed by atoms with Gasteiger partial charge in [-0.15, -0.1) is 45.3 Å². The summed E-state index contributed by atoms with van der Waals surface area (Å²) in [6.45, 7) is 0. The number of hydrogen-bond acceptors (Lipinski definition) is 6. The summed E-state index contributed by atoms with van der Waals surface area (Å²) in [5.74, 6) is 0. The molecular weight excluding hydrogens is 637 g/mol. The lowest BCUT2D eigenvalue weighted by atomic mass is 10.0. The van der Waals surface area contributed by atoms with E-state index in [2.05, 4.69) is 133 Å². The van der Waals surface area contributed by atoms with Gasteiger partial charge in [0.2, 0.25) is 0 Å². The molecular formula is C40H22N2S4. The third kappa shape index (κ3) is 4.33. The maximum Gasteiger partial charge on any atom is 0.134 e. The van der Waals surface area contributed by atoms with E-state index >= 15 is 0 Å². The second-order valence-electron chi connectivity index (χ2n) is 11.4. The topological polar surface area (TPSA) is 25.8 Å². The summed E-state index contributed by atoms with van der Waals surface area (Å²) >= 11 is 7.17. The molecule has 0 radical (unpaired) electrons. The molecule has 0 amide bonds. The van der Waals surface area contributed by atoms with Gasteiger partial charge in [0.1, 0.15) is 10.0 Å². The minimum atomic E-state index is 1.05. The van der Waals surface area contributed by atoms with Crippen LogP contribution >= 0.6 is 45.3 Å². The lowest BCUT2D eigenvalue weighted by Crippen LogP contribution is -1.77. The molecule has 2 nitrogen and oxygen atoms in total. The summed E-state index contributed by atoms with van der Waals surface area (Å²) in [4.78, 5) is 15.2. The van der Waals surface area contributed by atoms with Gasteiger partial charge in [0, 0.05) is 9.75 Å². The van der Waals surface area contributed by atoms with E-state index in [9.17, 15) is 0 Å². The smallest absolute Gasteiger partial charge is 0.134 e. The Morgan fingerprint density at radius 3 is 1.28 bits per heavy atom. The number of aromatic nitrogens is 2. The van der Waals surface area contributed by atoms with Crippen LogP contribution in [0.15, 0.2) is 133 Å². The van der Waals surface area contributed by atoms with Crippen molar-refractivity contribution in [1.82, 2.24) is 9.97 Å². The molecule has 0 aliphatic rings. The average Bonchev–Trinajstić information content (AvgIpc) is 3.91. The molecule has 0 atom stereocenters. The molecule has 0 unspecified atom stereocenters. The minimum absolute atomic E-state index is 1.05. The fourth-order valence-electron chi connectivity index (χ4n) is 6.38. The van der Waals surface area contributed by atoms with Crippen molar-refractivity contribution >= 4 is 98.1 Å². The Morgan fingerprint density at radius 1 is 0.348 bits per heavy atom. The van der Waals surface area contributed by atoms with Gasteiger partial charge in [-0.2, -0.15) is 0 Å². The molecule has 0 N–H and O–H groups in total. The van der Waals surface area contributed by atoms with Crippen LogP contribution in [-0.4, -0.2) is 9.97 Å². The number of thiazole rings is 2. The Bertz CT molecular complexity index is 2510. The number of rotatable bonds is 4. The molecule has 6 aromatic carbocycles. The molecule has 46 heavy (non-hydrogen) atoms. The van der Waals surface area contributed by atoms with Crippen LogP contribution in [0.1, 0.15) is 0 Å². The van der Waals surface area contributed by atoms with Crippen LogP contribution in [-0.2, 0) is 0 Å². The summed E-state index contributed by atoms with van der Waals surface area (Å²) in [7, 11) is 0. The molecule has 216 valence electrons. The quantitative estimate of drug-likeness (QED) is 0.188. The monoisotopic (exact) mass is 658 g/mol. The molecule has 0 aliphatic heterocycles. The highest BCUT2D eigenvalue weighted by atomic mass is 32.1. The maximum absolute atomic E-state index is 5.11. The van der Waals surface area contributed by atoms with Gasteiger partial charge < -0.3 is 0 Å². The third-order valence-corrected chi connectivity index (χ3v) is 13.2. The van der Waals surface area contributed by atoms with E-state index in [4.69, 9.17) is 9.97 Å². The van der Waals surface area contributed by atoms with Crippen molar-refractivity contribution in [3.8, 4) is 40.7 Å². The van der Waals surface area contributed by atoms with E-state index in [0.717, 1.165) is 21.0 Å². The lowest BCUT2D eigenvalue weighted by Gasteiger charge is -2.03. The summed E-state index contributed by atoms with van der Waals surface area (Å²) in [6, 6.07) is 48.3. The zero-order valence-electron chi connectivity index (χ0n) is 24.2. The van der Waals surface area contributed by atoms with E-state index in [-0.39, 0.29) is 0 Å². The van der Waals surface area contributed by atoms with Crippen LogP contribution in [0.25, 0.3) is 93.4 Å². The van der Waals surface area contributed by atoms with Crippen molar-refractivity contribution < 1.29 is 0 Å². The largest absolute Gasteiger partial charge is 0.235 e. The van der Waals surface area contributed by atoms with Crippen molar-refractivity contribution in [3.63, 3.8) is 0 Å². The Balaban J connectivity index is 0.994. The summed E-state index contributed by atoms with van der Waals surface area (Å²) in [6.07, 6.45) is 0. The van der Waals surface area contributed by atoms with Gasteiger partial charge in [0.25, 0.3) is 0 Å². The highest BCUT2D eigenvalue weighted by Gasteiger charge is 2.15. The molecule has 4 aromatic heterocycles. The predicted octanol–water partition coefficient (Wildman–Crippen LogP) is 13.2. The van der Waals surface area contributed by atoms with Crippen molar-refractivity contribution in [2.45, 2.75) is 0 Å². The van der Waals surface area contributed by atoms with Gasteiger partial charge in [0.15, 0.2) is 0 Å². The predicted molar refractivity (Wildman–Crippen MR) is 203 cm³/mol. The average molecular weight is 659 g/mol. The fourth-order valence-corrected chi connectivity index (χ4v) is 10.6. The first-order valence-corrected chi connectivity index (χ1v) is 18.3. The SMILES string of the molecule is c1ccc2c(-c3ccc(-c4nc5cc6cc7sc(-c8ccc(-c9cccc%10ccccc9%10)s8)nc7cc6cc5s4)s3)cccc2c1. The maximum atomic E-state index is 5.11. The van der Waals surface area contributed by atoms with Gasteiger partial charge >= 0.3 is 0 Å². The van der Waals surface area contributed by atoms with E-state index in [0.29, 0.717) is 0 Å². The summed E-state index contributed by atoms with van der Waals surface area (Å²) in [5, 5.41) is 9.67. The zero-order valence-corrected chi connectivity index (χ0v) is 27.5. The van der Waals surface area contributed by atoms with E-state index in [1.54, 1.807) is 22.7 Å². The zero-order chi connectivity index (χ0) is 30.2. The number of benzene rings is 6. The van der Waals surface area contributed by atoms with Gasteiger partial charge in [-0.1, -0.05) is 84.9 Å². The summed E-state index contributed by atoms with van der Waals surface area (Å²) in [5.41, 5.74) is 4.66. The second-order valence-corrected chi connectivity index (χ2v) is 15.6. The first kappa shape index (κ1) is 26.5. The molecule has 10 aromatic rings. The van der Waals surface area contributed by atoms with Crippen LogP contribution in [0.4, 0.5) is 0 Å². The second kappa shape index (κ2) is 10.4. The minimum Gasteiger partial charge on any atom is -0.235 e. The number of fused-ring (bicyclic) bond motifs is 5. The Labute approximate surface area is 280 Å². The highest BCUT2D eigenvalue weighted by Crippen LogP contribution is 2.43. The number of nitrogens with zero attached hydrogens (tertiary/aromatic N) is 2. The first-order valence-electron chi connectivity index (χ1n) is 15.1.